The molecule has 3 rings (SSSR count). The summed E-state index contributed by atoms with van der Waals surface area (Å²) < 4.78 is 6.37. The number of furan rings is 1. The number of aromatic nitrogens is 1. The second kappa shape index (κ2) is 5.46. The van der Waals surface area contributed by atoms with E-state index in [0.717, 1.165) is 32.5 Å². The minimum Gasteiger partial charge on any atom is -0.444 e. The number of hydrogen-bond donors (Lipinski definition) is 1. The molecule has 0 aliphatic rings. The number of anilines is 1. The molecule has 0 fully saturated rings. The van der Waals surface area contributed by atoms with Gasteiger partial charge in [0.05, 0.1) is 11.4 Å². The van der Waals surface area contributed by atoms with E-state index >= 15 is 0 Å². The van der Waals surface area contributed by atoms with Crippen molar-refractivity contribution in [3.63, 3.8) is 0 Å². The Balaban J connectivity index is 1.88. The molecule has 3 aromatic rings. The zero-order valence-corrected chi connectivity index (χ0v) is 13.1. The fourth-order valence-corrected chi connectivity index (χ4v) is 2.78. The van der Waals surface area contributed by atoms with Crippen LogP contribution in [-0.4, -0.2) is 4.98 Å². The van der Waals surface area contributed by atoms with Crippen LogP contribution < -0.4 is 5.32 Å². The molecule has 20 heavy (non-hydrogen) atoms. The van der Waals surface area contributed by atoms with E-state index in [0.29, 0.717) is 11.8 Å². The highest BCUT2D eigenvalue weighted by Gasteiger charge is 2.12. The number of benzene rings is 1. The largest absolute Gasteiger partial charge is 0.444 e. The monoisotopic (exact) mass is 350 g/mol. The lowest BCUT2D eigenvalue weighted by Gasteiger charge is -2.08. The summed E-state index contributed by atoms with van der Waals surface area (Å²) in [7, 11) is 0. The Labute approximate surface area is 130 Å². The SMILES string of the molecule is Cc1nc(Br)ccc1NCc1c(Cl)oc2ccccc12. The Morgan fingerprint density at radius 3 is 2.85 bits per heavy atom. The average molecular weight is 352 g/mol. The third-order valence-corrected chi connectivity index (χ3v) is 3.90. The van der Waals surface area contributed by atoms with Gasteiger partial charge < -0.3 is 9.73 Å². The van der Waals surface area contributed by atoms with Crippen LogP contribution in [0.5, 0.6) is 0 Å². The van der Waals surface area contributed by atoms with E-state index in [9.17, 15) is 0 Å². The standard InChI is InChI=1S/C15H12BrClN2O/c1-9-12(6-7-14(16)19-9)18-8-11-10-4-2-3-5-13(10)20-15(11)17/h2-7,18H,8H2,1H3. The Morgan fingerprint density at radius 2 is 2.05 bits per heavy atom. The minimum absolute atomic E-state index is 0.432. The molecule has 5 heteroatoms. The number of nitrogens with zero attached hydrogens (tertiary/aromatic N) is 1. The van der Waals surface area contributed by atoms with Crippen LogP contribution in [0.15, 0.2) is 45.4 Å². The van der Waals surface area contributed by atoms with Crippen LogP contribution in [0.4, 0.5) is 5.69 Å². The molecular weight excluding hydrogens is 340 g/mol. The van der Waals surface area contributed by atoms with Crippen molar-refractivity contribution < 1.29 is 4.42 Å². The van der Waals surface area contributed by atoms with Crippen LogP contribution in [0.3, 0.4) is 0 Å². The zero-order chi connectivity index (χ0) is 14.1. The summed E-state index contributed by atoms with van der Waals surface area (Å²) in [6.07, 6.45) is 0. The van der Waals surface area contributed by atoms with E-state index < -0.39 is 0 Å². The fraction of sp³-hybridized carbons (Fsp3) is 0.133. The molecule has 0 spiro atoms. The van der Waals surface area contributed by atoms with Gasteiger partial charge in [0, 0.05) is 17.5 Å². The Kier molecular flexibility index (Phi) is 3.68. The van der Waals surface area contributed by atoms with Gasteiger partial charge in [-0.05, 0) is 52.7 Å². The third-order valence-electron chi connectivity index (χ3n) is 3.16. The summed E-state index contributed by atoms with van der Waals surface area (Å²) in [6, 6.07) is 11.7. The van der Waals surface area contributed by atoms with Crippen molar-refractivity contribution in [3.05, 3.63) is 57.5 Å². The summed E-state index contributed by atoms with van der Waals surface area (Å²) in [5.74, 6) is 0. The molecule has 102 valence electrons. The predicted molar refractivity (Wildman–Crippen MR) is 85.2 cm³/mol. The normalized spacial score (nSPS) is 10.9. The molecular formula is C15H12BrClN2O. The molecule has 0 aliphatic heterocycles. The number of fused-ring (bicyclic) bond motifs is 1. The van der Waals surface area contributed by atoms with Gasteiger partial charge in [-0.2, -0.15) is 0 Å². The number of nitrogens with one attached hydrogen (secondary N) is 1. The lowest BCUT2D eigenvalue weighted by Crippen LogP contribution is -2.02. The summed E-state index contributed by atoms with van der Waals surface area (Å²) >= 11 is 9.52. The topological polar surface area (TPSA) is 38.1 Å². The summed E-state index contributed by atoms with van der Waals surface area (Å²) in [5, 5.41) is 4.81. The third kappa shape index (κ3) is 2.53. The number of halogens is 2. The molecule has 0 unspecified atom stereocenters. The molecule has 0 saturated heterocycles. The van der Waals surface area contributed by atoms with Crippen LogP contribution in [0.1, 0.15) is 11.3 Å². The molecule has 1 N–H and O–H groups in total. The average Bonchev–Trinajstić information content (AvgIpc) is 2.74. The van der Waals surface area contributed by atoms with Gasteiger partial charge in [0.25, 0.3) is 0 Å². The number of hydrogen-bond acceptors (Lipinski definition) is 3. The summed E-state index contributed by atoms with van der Waals surface area (Å²) in [6.45, 7) is 2.56. The quantitative estimate of drug-likeness (QED) is 0.662. The van der Waals surface area contributed by atoms with E-state index in [4.69, 9.17) is 16.0 Å². The van der Waals surface area contributed by atoms with Gasteiger partial charge in [0.1, 0.15) is 10.2 Å². The van der Waals surface area contributed by atoms with Gasteiger partial charge in [-0.25, -0.2) is 4.98 Å². The fourth-order valence-electron chi connectivity index (χ4n) is 2.13. The van der Waals surface area contributed by atoms with Crippen molar-refractivity contribution in [2.45, 2.75) is 13.5 Å². The van der Waals surface area contributed by atoms with Crippen LogP contribution >= 0.6 is 27.5 Å². The van der Waals surface area contributed by atoms with E-state index in [-0.39, 0.29) is 0 Å². The first-order valence-corrected chi connectivity index (χ1v) is 7.35. The summed E-state index contributed by atoms with van der Waals surface area (Å²) in [5.41, 5.74) is 3.68. The van der Waals surface area contributed by atoms with Gasteiger partial charge in [-0.1, -0.05) is 18.2 Å². The Morgan fingerprint density at radius 1 is 1.25 bits per heavy atom. The first kappa shape index (κ1) is 13.5. The van der Waals surface area contributed by atoms with Crippen LogP contribution in [0, 0.1) is 6.92 Å². The molecule has 0 radical (unpaired) electrons. The maximum atomic E-state index is 6.17. The lowest BCUT2D eigenvalue weighted by molar-refractivity contribution is 0.613. The second-order valence-corrected chi connectivity index (χ2v) is 5.63. The molecule has 0 atom stereocenters. The van der Waals surface area contributed by atoms with Gasteiger partial charge in [0.15, 0.2) is 5.22 Å². The number of aryl methyl sites for hydroxylation is 1. The van der Waals surface area contributed by atoms with Gasteiger partial charge in [-0.3, -0.25) is 0 Å². The van der Waals surface area contributed by atoms with Gasteiger partial charge >= 0.3 is 0 Å². The van der Waals surface area contributed by atoms with Crippen molar-refractivity contribution >= 4 is 44.2 Å². The van der Waals surface area contributed by atoms with Crippen LogP contribution in [0.25, 0.3) is 11.0 Å². The molecule has 3 nitrogen and oxygen atoms in total. The van der Waals surface area contributed by atoms with Crippen LogP contribution in [-0.2, 0) is 6.54 Å². The molecule has 2 heterocycles. The van der Waals surface area contributed by atoms with Crippen LogP contribution in [0.2, 0.25) is 5.22 Å². The minimum atomic E-state index is 0.432. The molecule has 0 saturated carbocycles. The predicted octanol–water partition coefficient (Wildman–Crippen LogP) is 5.16. The van der Waals surface area contributed by atoms with E-state index in [1.807, 2.05) is 43.3 Å². The number of rotatable bonds is 3. The summed E-state index contributed by atoms with van der Waals surface area (Å²) in [4.78, 5) is 4.36. The van der Waals surface area contributed by atoms with Crippen molar-refractivity contribution in [3.8, 4) is 0 Å². The molecule has 0 amide bonds. The Hall–Kier alpha value is -1.52. The first-order chi connectivity index (χ1) is 9.65. The van der Waals surface area contributed by atoms with Crippen molar-refractivity contribution in [1.29, 1.82) is 0 Å². The van der Waals surface area contributed by atoms with E-state index in [1.165, 1.54) is 0 Å². The van der Waals surface area contributed by atoms with E-state index in [1.54, 1.807) is 0 Å². The van der Waals surface area contributed by atoms with Crippen molar-refractivity contribution in [1.82, 2.24) is 4.98 Å². The van der Waals surface area contributed by atoms with Gasteiger partial charge in [-0.15, -0.1) is 0 Å². The molecule has 2 aromatic heterocycles. The smallest absolute Gasteiger partial charge is 0.199 e. The highest BCUT2D eigenvalue weighted by molar-refractivity contribution is 9.10. The second-order valence-electron chi connectivity index (χ2n) is 4.47. The maximum Gasteiger partial charge on any atom is 0.199 e. The highest BCUT2D eigenvalue weighted by Crippen LogP contribution is 2.30. The number of para-hydroxylation sites is 1. The van der Waals surface area contributed by atoms with Gasteiger partial charge in [0.2, 0.25) is 0 Å². The molecule has 0 aliphatic carbocycles. The first-order valence-electron chi connectivity index (χ1n) is 6.18. The number of pyridine rings is 1. The molecule has 1 aromatic carbocycles. The maximum absolute atomic E-state index is 6.17. The highest BCUT2D eigenvalue weighted by atomic mass is 79.9. The van der Waals surface area contributed by atoms with Crippen molar-refractivity contribution in [2.24, 2.45) is 0 Å². The Bertz CT molecular complexity index is 770. The zero-order valence-electron chi connectivity index (χ0n) is 10.8. The van der Waals surface area contributed by atoms with E-state index in [2.05, 4.69) is 26.2 Å². The molecule has 0 bridgehead atoms. The van der Waals surface area contributed by atoms with Crippen molar-refractivity contribution in [2.75, 3.05) is 5.32 Å². The lowest BCUT2D eigenvalue weighted by atomic mass is 10.1.